The molecular weight excluding hydrogens is 224 g/mol. The fourth-order valence-electron chi connectivity index (χ4n) is 1.64. The first-order valence-corrected chi connectivity index (χ1v) is 7.79. The second-order valence-corrected chi connectivity index (χ2v) is 5.52. The molecule has 0 unspecified atom stereocenters. The third-order valence-electron chi connectivity index (χ3n) is 2.57. The van der Waals surface area contributed by atoms with Crippen LogP contribution in [0.2, 0.25) is 0 Å². The highest BCUT2D eigenvalue weighted by Gasteiger charge is 1.99. The normalized spacial score (nSPS) is 11.9. The zero-order chi connectivity index (χ0) is 12.3. The van der Waals surface area contributed by atoms with E-state index >= 15 is 0 Å². The SMILES string of the molecule is CCCCCCCCCCCNS([NH])(=O)=O. The Labute approximate surface area is 100 Å². The average Bonchev–Trinajstić information content (AvgIpc) is 2.19. The Kier molecular flexibility index (Phi) is 9.97. The Bertz CT molecular complexity index is 240. The van der Waals surface area contributed by atoms with Crippen molar-refractivity contribution in [3.05, 3.63) is 0 Å². The van der Waals surface area contributed by atoms with Crippen molar-refractivity contribution >= 4 is 10.2 Å². The van der Waals surface area contributed by atoms with E-state index in [0.717, 1.165) is 12.8 Å². The summed E-state index contributed by atoms with van der Waals surface area (Å²) in [4.78, 5) is 0. The molecule has 0 spiro atoms. The highest BCUT2D eigenvalue weighted by molar-refractivity contribution is 7.86. The summed E-state index contributed by atoms with van der Waals surface area (Å²) in [5.74, 6) is 0. The molecule has 0 atom stereocenters. The van der Waals surface area contributed by atoms with Crippen molar-refractivity contribution in [3.63, 3.8) is 0 Å². The molecule has 0 saturated carbocycles. The van der Waals surface area contributed by atoms with Gasteiger partial charge in [-0.1, -0.05) is 58.3 Å². The fraction of sp³-hybridized carbons (Fsp3) is 1.00. The first-order valence-electron chi connectivity index (χ1n) is 6.30. The van der Waals surface area contributed by atoms with Crippen molar-refractivity contribution in [1.82, 2.24) is 9.86 Å². The molecule has 0 aliphatic carbocycles. The highest BCUT2D eigenvalue weighted by Crippen LogP contribution is 2.09. The van der Waals surface area contributed by atoms with Crippen LogP contribution < -0.4 is 9.86 Å². The zero-order valence-corrected chi connectivity index (χ0v) is 11.1. The summed E-state index contributed by atoms with van der Waals surface area (Å²) in [6.45, 7) is 2.62. The second kappa shape index (κ2) is 10.1. The molecule has 0 bridgehead atoms. The van der Waals surface area contributed by atoms with Gasteiger partial charge in [0, 0.05) is 6.54 Å². The zero-order valence-electron chi connectivity index (χ0n) is 10.3. The Balaban J connectivity index is 3.05. The van der Waals surface area contributed by atoms with Crippen molar-refractivity contribution in [2.24, 2.45) is 0 Å². The molecule has 0 aliphatic heterocycles. The summed E-state index contributed by atoms with van der Waals surface area (Å²) in [6.07, 6.45) is 10.9. The predicted molar refractivity (Wildman–Crippen MR) is 67.2 cm³/mol. The lowest BCUT2D eigenvalue weighted by atomic mass is 10.1. The van der Waals surface area contributed by atoms with E-state index in [2.05, 4.69) is 11.6 Å². The molecule has 1 radical (unpaired) electrons. The van der Waals surface area contributed by atoms with Crippen LogP contribution in [0.4, 0.5) is 0 Å². The van der Waals surface area contributed by atoms with Crippen LogP contribution in [0.15, 0.2) is 0 Å². The first-order chi connectivity index (χ1) is 7.56. The van der Waals surface area contributed by atoms with Gasteiger partial charge in [-0.3, -0.25) is 0 Å². The van der Waals surface area contributed by atoms with E-state index < -0.39 is 10.2 Å². The lowest BCUT2D eigenvalue weighted by Gasteiger charge is -2.02. The van der Waals surface area contributed by atoms with Gasteiger partial charge in [0.05, 0.1) is 0 Å². The minimum Gasteiger partial charge on any atom is -0.201 e. The van der Waals surface area contributed by atoms with Crippen molar-refractivity contribution in [2.75, 3.05) is 6.54 Å². The van der Waals surface area contributed by atoms with Crippen LogP contribution in [0.1, 0.15) is 64.7 Å². The van der Waals surface area contributed by atoms with Gasteiger partial charge in [0.15, 0.2) is 0 Å². The first kappa shape index (κ1) is 15.9. The topological polar surface area (TPSA) is 70.0 Å². The standard InChI is InChI=1S/C11H25N2O2S/c1-2-3-4-5-6-7-8-9-10-11-13-16(12,14)15/h12-13H,2-11H2,1H3. The van der Waals surface area contributed by atoms with E-state index in [1.807, 2.05) is 0 Å². The molecule has 0 aliphatic rings. The van der Waals surface area contributed by atoms with Crippen LogP contribution in [-0.2, 0) is 10.2 Å². The van der Waals surface area contributed by atoms with Gasteiger partial charge < -0.3 is 0 Å². The minimum absolute atomic E-state index is 0.404. The fourth-order valence-corrected chi connectivity index (χ4v) is 2.06. The maximum atomic E-state index is 10.4. The summed E-state index contributed by atoms with van der Waals surface area (Å²) >= 11 is 0. The second-order valence-electron chi connectivity index (χ2n) is 4.23. The van der Waals surface area contributed by atoms with E-state index in [9.17, 15) is 8.42 Å². The lowest BCUT2D eigenvalue weighted by Crippen LogP contribution is -2.24. The van der Waals surface area contributed by atoms with E-state index in [1.165, 1.54) is 44.9 Å². The molecule has 0 amide bonds. The van der Waals surface area contributed by atoms with Gasteiger partial charge in [-0.15, -0.1) is 5.14 Å². The monoisotopic (exact) mass is 249 g/mol. The molecule has 0 aromatic rings. The molecule has 97 valence electrons. The van der Waals surface area contributed by atoms with Crippen LogP contribution in [0, 0.1) is 0 Å². The Morgan fingerprint density at radius 3 is 1.75 bits per heavy atom. The Morgan fingerprint density at radius 2 is 1.31 bits per heavy atom. The van der Waals surface area contributed by atoms with Crippen molar-refractivity contribution in [3.8, 4) is 0 Å². The van der Waals surface area contributed by atoms with E-state index in [-0.39, 0.29) is 0 Å². The van der Waals surface area contributed by atoms with Crippen LogP contribution in [0.5, 0.6) is 0 Å². The lowest BCUT2D eigenvalue weighted by molar-refractivity contribution is 0.554. The van der Waals surface area contributed by atoms with Gasteiger partial charge in [0.2, 0.25) is 0 Å². The molecule has 4 nitrogen and oxygen atoms in total. The summed E-state index contributed by atoms with van der Waals surface area (Å²) in [5, 5.41) is 6.60. The molecule has 0 heterocycles. The van der Waals surface area contributed by atoms with Gasteiger partial charge in [0.25, 0.3) is 10.2 Å². The van der Waals surface area contributed by atoms with Crippen LogP contribution >= 0.6 is 0 Å². The van der Waals surface area contributed by atoms with Crippen LogP contribution in [0.3, 0.4) is 0 Å². The molecular formula is C11H25N2O2S. The third kappa shape index (κ3) is 13.9. The molecule has 16 heavy (non-hydrogen) atoms. The van der Waals surface area contributed by atoms with Crippen LogP contribution in [0.25, 0.3) is 0 Å². The minimum atomic E-state index is -3.73. The van der Waals surface area contributed by atoms with E-state index in [0.29, 0.717) is 6.54 Å². The van der Waals surface area contributed by atoms with Crippen LogP contribution in [-0.4, -0.2) is 15.0 Å². The van der Waals surface area contributed by atoms with Gasteiger partial charge in [-0.05, 0) is 6.42 Å². The molecule has 0 aromatic heterocycles. The molecule has 0 saturated heterocycles. The van der Waals surface area contributed by atoms with Crippen molar-refractivity contribution in [1.29, 1.82) is 0 Å². The number of hydrogen-bond acceptors (Lipinski definition) is 2. The average molecular weight is 249 g/mol. The number of hydrogen-bond donors (Lipinski definition) is 1. The largest absolute Gasteiger partial charge is 0.290 e. The number of unbranched alkanes of at least 4 members (excludes halogenated alkanes) is 8. The molecule has 2 N–H and O–H groups in total. The maximum Gasteiger partial charge on any atom is 0.290 e. The van der Waals surface area contributed by atoms with Crippen molar-refractivity contribution < 1.29 is 8.42 Å². The third-order valence-corrected chi connectivity index (χ3v) is 3.16. The molecule has 0 fully saturated rings. The van der Waals surface area contributed by atoms with Gasteiger partial charge >= 0.3 is 0 Å². The van der Waals surface area contributed by atoms with Gasteiger partial charge in [-0.2, -0.15) is 8.42 Å². The Hall–Kier alpha value is -0.130. The molecule has 5 heteroatoms. The quantitative estimate of drug-likeness (QED) is 0.572. The summed E-state index contributed by atoms with van der Waals surface area (Å²) < 4.78 is 23.0. The predicted octanol–water partition coefficient (Wildman–Crippen LogP) is 2.63. The maximum absolute atomic E-state index is 10.4. The van der Waals surface area contributed by atoms with Gasteiger partial charge in [-0.25, -0.2) is 4.72 Å². The van der Waals surface area contributed by atoms with Crippen molar-refractivity contribution in [2.45, 2.75) is 64.7 Å². The summed E-state index contributed by atoms with van der Waals surface area (Å²) in [5.41, 5.74) is 0. The summed E-state index contributed by atoms with van der Waals surface area (Å²) in [6, 6.07) is 0. The highest BCUT2D eigenvalue weighted by atomic mass is 32.2. The number of rotatable bonds is 11. The van der Waals surface area contributed by atoms with E-state index in [4.69, 9.17) is 5.14 Å². The smallest absolute Gasteiger partial charge is 0.201 e. The number of nitrogens with one attached hydrogen (secondary N) is 2. The molecule has 0 rings (SSSR count). The van der Waals surface area contributed by atoms with Gasteiger partial charge in [0.1, 0.15) is 0 Å². The summed E-state index contributed by atoms with van der Waals surface area (Å²) in [7, 11) is -3.73. The Morgan fingerprint density at radius 1 is 0.875 bits per heavy atom. The molecule has 0 aromatic carbocycles. The van der Waals surface area contributed by atoms with E-state index in [1.54, 1.807) is 0 Å².